The second kappa shape index (κ2) is 7.64. The van der Waals surface area contributed by atoms with E-state index in [-0.39, 0.29) is 0 Å². The molecule has 0 radical (unpaired) electrons. The fourth-order valence-electron chi connectivity index (χ4n) is 1.81. The minimum absolute atomic E-state index is 0.485. The van der Waals surface area contributed by atoms with Gasteiger partial charge in [0.2, 0.25) is 0 Å². The molecule has 1 aromatic carbocycles. The third-order valence-electron chi connectivity index (χ3n) is 2.86. The van der Waals surface area contributed by atoms with Crippen LogP contribution in [0.25, 0.3) is 0 Å². The molecule has 7 heteroatoms. The van der Waals surface area contributed by atoms with E-state index in [0.717, 1.165) is 24.3 Å². The van der Waals surface area contributed by atoms with Gasteiger partial charge in [0.15, 0.2) is 5.11 Å². The number of aromatic nitrogens is 2. The van der Waals surface area contributed by atoms with E-state index in [1.165, 1.54) is 0 Å². The summed E-state index contributed by atoms with van der Waals surface area (Å²) in [5.41, 5.74) is 1.71. The molecule has 0 atom stereocenters. The average Bonchev–Trinajstić information content (AvgIpc) is 2.72. The van der Waals surface area contributed by atoms with E-state index in [1.54, 1.807) is 4.68 Å². The number of thiocarbonyl (C=S) groups is 1. The molecule has 0 saturated heterocycles. The van der Waals surface area contributed by atoms with Crippen molar-refractivity contribution in [3.05, 3.63) is 46.2 Å². The molecular weight excluding hydrogens is 327 g/mol. The Hall–Kier alpha value is -1.30. The van der Waals surface area contributed by atoms with Gasteiger partial charge in [-0.2, -0.15) is 5.10 Å². The third kappa shape index (κ3) is 4.59. The average molecular weight is 343 g/mol. The first kappa shape index (κ1) is 16.1. The fourth-order valence-corrected chi connectivity index (χ4v) is 2.42. The molecule has 0 fully saturated rings. The first-order valence-electron chi connectivity index (χ1n) is 6.56. The molecule has 0 aliphatic carbocycles. The van der Waals surface area contributed by atoms with Gasteiger partial charge in [-0.25, -0.2) is 0 Å². The molecule has 1 aromatic heterocycles. The van der Waals surface area contributed by atoms with Gasteiger partial charge in [0.25, 0.3) is 0 Å². The molecule has 0 bridgehead atoms. The highest BCUT2D eigenvalue weighted by Crippen LogP contribution is 2.24. The van der Waals surface area contributed by atoms with Gasteiger partial charge in [-0.05, 0) is 37.7 Å². The summed E-state index contributed by atoms with van der Waals surface area (Å²) in [6.07, 6.45) is 0.841. The lowest BCUT2D eigenvalue weighted by atomic mass is 10.3. The van der Waals surface area contributed by atoms with Crippen LogP contribution >= 0.6 is 35.4 Å². The zero-order valence-corrected chi connectivity index (χ0v) is 13.9. The predicted octanol–water partition coefficient (Wildman–Crippen LogP) is 3.88. The molecule has 0 spiro atoms. The highest BCUT2D eigenvalue weighted by molar-refractivity contribution is 7.80. The zero-order chi connectivity index (χ0) is 15.2. The van der Waals surface area contributed by atoms with Crippen molar-refractivity contribution in [2.24, 2.45) is 0 Å². The van der Waals surface area contributed by atoms with Crippen LogP contribution in [0.15, 0.2) is 30.3 Å². The molecule has 4 nitrogen and oxygen atoms in total. The Balaban J connectivity index is 1.72. The van der Waals surface area contributed by atoms with Gasteiger partial charge in [0, 0.05) is 18.8 Å². The summed E-state index contributed by atoms with van der Waals surface area (Å²) in [6.45, 7) is 3.25. The summed E-state index contributed by atoms with van der Waals surface area (Å²) < 4.78 is 1.70. The van der Waals surface area contributed by atoms with Crippen LogP contribution in [-0.2, 0) is 6.54 Å². The van der Waals surface area contributed by atoms with Crippen LogP contribution in [0, 0.1) is 6.92 Å². The molecule has 2 aromatic rings. The normalized spacial score (nSPS) is 10.4. The van der Waals surface area contributed by atoms with E-state index in [0.29, 0.717) is 21.8 Å². The van der Waals surface area contributed by atoms with Gasteiger partial charge in [-0.3, -0.25) is 4.68 Å². The zero-order valence-electron chi connectivity index (χ0n) is 11.6. The number of nitrogens with zero attached hydrogens (tertiary/aromatic N) is 2. The molecule has 0 amide bonds. The van der Waals surface area contributed by atoms with Gasteiger partial charge in [0.1, 0.15) is 10.2 Å². The lowest BCUT2D eigenvalue weighted by molar-refractivity contribution is 0.571. The van der Waals surface area contributed by atoms with Crippen LogP contribution in [0.5, 0.6) is 0 Å². The Morgan fingerprint density at radius 2 is 2.00 bits per heavy atom. The van der Waals surface area contributed by atoms with E-state index in [2.05, 4.69) is 15.7 Å². The van der Waals surface area contributed by atoms with Crippen molar-refractivity contribution in [1.29, 1.82) is 0 Å². The molecule has 0 aliphatic heterocycles. The van der Waals surface area contributed by atoms with Gasteiger partial charge >= 0.3 is 0 Å². The van der Waals surface area contributed by atoms with Crippen LogP contribution in [0.4, 0.5) is 5.69 Å². The molecule has 0 unspecified atom stereocenters. The number of halogens is 2. The molecule has 0 aliphatic rings. The first-order valence-corrected chi connectivity index (χ1v) is 7.72. The monoisotopic (exact) mass is 342 g/mol. The van der Waals surface area contributed by atoms with Crippen molar-refractivity contribution in [2.45, 2.75) is 19.9 Å². The van der Waals surface area contributed by atoms with E-state index >= 15 is 0 Å². The maximum absolute atomic E-state index is 6.07. The Labute approximate surface area is 139 Å². The number of para-hydroxylation sites is 1. The standard InChI is InChI=1S/C14H16Cl2N4S/c1-10-12(15)13(16)20(19-10)9-5-8-17-14(21)18-11-6-3-2-4-7-11/h2-4,6-7H,5,8-9H2,1H3,(H2,17,18,21). The summed E-state index contributed by atoms with van der Waals surface area (Å²) in [5.74, 6) is 0. The molecular formula is C14H16Cl2N4S. The van der Waals surface area contributed by atoms with Gasteiger partial charge in [-0.15, -0.1) is 0 Å². The highest BCUT2D eigenvalue weighted by Gasteiger charge is 2.10. The number of hydrogen-bond acceptors (Lipinski definition) is 2. The van der Waals surface area contributed by atoms with Crippen LogP contribution in [0.1, 0.15) is 12.1 Å². The molecule has 1 heterocycles. The number of rotatable bonds is 5. The van der Waals surface area contributed by atoms with E-state index < -0.39 is 0 Å². The third-order valence-corrected chi connectivity index (χ3v) is 4.04. The quantitative estimate of drug-likeness (QED) is 0.639. The van der Waals surface area contributed by atoms with E-state index in [9.17, 15) is 0 Å². The van der Waals surface area contributed by atoms with E-state index in [4.69, 9.17) is 35.4 Å². The molecule has 2 N–H and O–H groups in total. The molecule has 2 rings (SSSR count). The van der Waals surface area contributed by atoms with Crippen molar-refractivity contribution in [1.82, 2.24) is 15.1 Å². The second-order valence-corrected chi connectivity index (χ2v) is 5.66. The number of anilines is 1. The van der Waals surface area contributed by atoms with E-state index in [1.807, 2.05) is 37.3 Å². The lowest BCUT2D eigenvalue weighted by Crippen LogP contribution is -2.29. The summed E-state index contributed by atoms with van der Waals surface area (Å²) in [4.78, 5) is 0. The number of hydrogen-bond donors (Lipinski definition) is 2. The highest BCUT2D eigenvalue weighted by atomic mass is 35.5. The Bertz CT molecular complexity index is 613. The number of benzene rings is 1. The lowest BCUT2D eigenvalue weighted by Gasteiger charge is -2.10. The Morgan fingerprint density at radius 3 is 2.62 bits per heavy atom. The predicted molar refractivity (Wildman–Crippen MR) is 92.3 cm³/mol. The van der Waals surface area contributed by atoms with Crippen molar-refractivity contribution in [3.63, 3.8) is 0 Å². The summed E-state index contributed by atoms with van der Waals surface area (Å²) in [6, 6.07) is 9.79. The minimum atomic E-state index is 0.485. The minimum Gasteiger partial charge on any atom is -0.362 e. The van der Waals surface area contributed by atoms with Gasteiger partial charge in [0.05, 0.1) is 5.69 Å². The first-order chi connectivity index (χ1) is 10.1. The molecule has 112 valence electrons. The maximum Gasteiger partial charge on any atom is 0.170 e. The topological polar surface area (TPSA) is 41.9 Å². The van der Waals surface area contributed by atoms with Crippen molar-refractivity contribution < 1.29 is 0 Å². The fraction of sp³-hybridized carbons (Fsp3) is 0.286. The summed E-state index contributed by atoms with van der Waals surface area (Å²) in [5, 5.41) is 12.1. The van der Waals surface area contributed by atoms with Gasteiger partial charge in [-0.1, -0.05) is 41.4 Å². The van der Waals surface area contributed by atoms with Crippen LogP contribution in [0.2, 0.25) is 10.2 Å². The Kier molecular flexibility index (Phi) is 5.85. The van der Waals surface area contributed by atoms with Crippen molar-refractivity contribution in [2.75, 3.05) is 11.9 Å². The van der Waals surface area contributed by atoms with Gasteiger partial charge < -0.3 is 10.6 Å². The van der Waals surface area contributed by atoms with Crippen molar-refractivity contribution >= 4 is 46.2 Å². The number of aryl methyl sites for hydroxylation is 2. The van der Waals surface area contributed by atoms with Crippen LogP contribution in [-0.4, -0.2) is 21.4 Å². The molecule has 0 saturated carbocycles. The molecule has 21 heavy (non-hydrogen) atoms. The van der Waals surface area contributed by atoms with Crippen LogP contribution < -0.4 is 10.6 Å². The summed E-state index contributed by atoms with van der Waals surface area (Å²) >= 11 is 17.3. The largest absolute Gasteiger partial charge is 0.362 e. The number of nitrogens with one attached hydrogen (secondary N) is 2. The smallest absolute Gasteiger partial charge is 0.170 e. The SMILES string of the molecule is Cc1nn(CCCNC(=S)Nc2ccccc2)c(Cl)c1Cl. The Morgan fingerprint density at radius 1 is 1.29 bits per heavy atom. The second-order valence-electron chi connectivity index (χ2n) is 4.51. The maximum atomic E-state index is 6.07. The van der Waals surface area contributed by atoms with Crippen molar-refractivity contribution in [3.8, 4) is 0 Å². The van der Waals surface area contributed by atoms with Crippen LogP contribution in [0.3, 0.4) is 0 Å². The summed E-state index contributed by atoms with van der Waals surface area (Å²) in [7, 11) is 0.